The lowest BCUT2D eigenvalue weighted by Crippen LogP contribution is -2.41. The quantitative estimate of drug-likeness (QED) is 0.910. The fraction of sp³-hybridized carbons (Fsp3) is 0.588. The van der Waals surface area contributed by atoms with E-state index in [9.17, 15) is 4.79 Å². The first-order valence-electron chi connectivity index (χ1n) is 7.88. The van der Waals surface area contributed by atoms with Crippen LogP contribution < -0.4 is 5.32 Å². The summed E-state index contributed by atoms with van der Waals surface area (Å²) < 4.78 is 0. The molecule has 1 aromatic carbocycles. The highest BCUT2D eigenvalue weighted by Gasteiger charge is 2.46. The van der Waals surface area contributed by atoms with Crippen molar-refractivity contribution in [1.82, 2.24) is 10.2 Å². The summed E-state index contributed by atoms with van der Waals surface area (Å²) in [7, 11) is 2.00. The van der Waals surface area contributed by atoms with Gasteiger partial charge in [0.05, 0.1) is 0 Å². The zero-order valence-corrected chi connectivity index (χ0v) is 14.5. The van der Waals surface area contributed by atoms with Gasteiger partial charge in [0, 0.05) is 24.0 Å². The molecule has 0 bridgehead atoms. The number of likely N-dealkylation sites (tertiary alicyclic amines) is 1. The Morgan fingerprint density at radius 1 is 1.36 bits per heavy atom. The zero-order chi connectivity index (χ0) is 14.8. The Labute approximate surface area is 143 Å². The fourth-order valence-corrected chi connectivity index (χ4v) is 3.65. The summed E-state index contributed by atoms with van der Waals surface area (Å²) in [6.07, 6.45) is 3.23. The van der Waals surface area contributed by atoms with Crippen molar-refractivity contribution < 1.29 is 4.79 Å². The molecule has 0 radical (unpaired) electrons. The van der Waals surface area contributed by atoms with Gasteiger partial charge in [0.15, 0.2) is 0 Å². The summed E-state index contributed by atoms with van der Waals surface area (Å²) in [5.74, 6) is 1.64. The predicted octanol–water partition coefficient (Wildman–Crippen LogP) is 3.32. The van der Waals surface area contributed by atoms with Crippen molar-refractivity contribution in [3.8, 4) is 0 Å². The molecule has 5 heteroatoms. The number of amides is 1. The lowest BCUT2D eigenvalue weighted by atomic mass is 9.96. The van der Waals surface area contributed by atoms with E-state index in [0.29, 0.717) is 11.8 Å². The highest BCUT2D eigenvalue weighted by Crippen LogP contribution is 2.49. The number of nitrogens with one attached hydrogen (secondary N) is 1. The van der Waals surface area contributed by atoms with Gasteiger partial charge in [0.2, 0.25) is 5.91 Å². The molecule has 2 aliphatic rings. The van der Waals surface area contributed by atoms with Crippen LogP contribution in [-0.2, 0) is 4.79 Å². The van der Waals surface area contributed by atoms with E-state index in [1.807, 2.05) is 25.2 Å². The summed E-state index contributed by atoms with van der Waals surface area (Å²) in [6, 6.07) is 7.94. The number of nitrogens with zero attached hydrogens (tertiary/aromatic N) is 1. The van der Waals surface area contributed by atoms with Crippen LogP contribution in [-0.4, -0.2) is 37.5 Å². The van der Waals surface area contributed by atoms with Gasteiger partial charge in [-0.25, -0.2) is 0 Å². The van der Waals surface area contributed by atoms with Crippen LogP contribution in [0, 0.1) is 11.8 Å². The number of carbonyl (C=O) groups excluding carboxylic acids is 1. The van der Waals surface area contributed by atoms with Crippen molar-refractivity contribution in [1.29, 1.82) is 0 Å². The summed E-state index contributed by atoms with van der Waals surface area (Å²) >= 11 is 6.04. The molecule has 2 unspecified atom stereocenters. The summed E-state index contributed by atoms with van der Waals surface area (Å²) in [6.45, 7) is 2.91. The molecular weight excluding hydrogens is 319 g/mol. The smallest absolute Gasteiger partial charge is 0.226 e. The molecule has 1 aliphatic carbocycles. The number of piperidine rings is 1. The van der Waals surface area contributed by atoms with E-state index in [0.717, 1.165) is 49.8 Å². The van der Waals surface area contributed by atoms with Crippen LogP contribution in [0.2, 0.25) is 5.02 Å². The van der Waals surface area contributed by atoms with Gasteiger partial charge in [-0.3, -0.25) is 4.79 Å². The predicted molar refractivity (Wildman–Crippen MR) is 92.8 cm³/mol. The summed E-state index contributed by atoms with van der Waals surface area (Å²) in [4.78, 5) is 14.6. The molecule has 1 heterocycles. The molecule has 1 N–H and O–H groups in total. The molecule has 3 rings (SSSR count). The maximum Gasteiger partial charge on any atom is 0.226 e. The molecule has 0 spiro atoms. The minimum Gasteiger partial charge on any atom is -0.342 e. The van der Waals surface area contributed by atoms with E-state index in [4.69, 9.17) is 11.6 Å². The van der Waals surface area contributed by atoms with Crippen LogP contribution in [0.3, 0.4) is 0 Å². The Kier molecular flexibility index (Phi) is 6.13. The fourth-order valence-electron chi connectivity index (χ4n) is 3.45. The topological polar surface area (TPSA) is 32.3 Å². The molecule has 2 atom stereocenters. The van der Waals surface area contributed by atoms with Gasteiger partial charge >= 0.3 is 0 Å². The monoisotopic (exact) mass is 342 g/mol. The van der Waals surface area contributed by atoms with E-state index in [-0.39, 0.29) is 18.3 Å². The first-order valence-corrected chi connectivity index (χ1v) is 8.25. The SMILES string of the molecule is CNCC1CCN(C(=O)C2CC2c2cccc(Cl)c2)CC1.Cl. The Bertz CT molecular complexity index is 515. The van der Waals surface area contributed by atoms with Gasteiger partial charge in [-0.15, -0.1) is 12.4 Å². The Hall–Kier alpha value is -0.770. The standard InChI is InChI=1S/C17H23ClN2O.ClH/c1-19-11-12-5-7-20(8-6-12)17(21)16-10-15(16)13-3-2-4-14(18)9-13;/h2-4,9,12,15-16,19H,5-8,10-11H2,1H3;1H. The highest BCUT2D eigenvalue weighted by atomic mass is 35.5. The van der Waals surface area contributed by atoms with E-state index in [2.05, 4.69) is 16.3 Å². The molecule has 0 aromatic heterocycles. The van der Waals surface area contributed by atoms with Crippen molar-refractivity contribution in [3.63, 3.8) is 0 Å². The van der Waals surface area contributed by atoms with Crippen LogP contribution in [0.1, 0.15) is 30.7 Å². The van der Waals surface area contributed by atoms with Crippen LogP contribution in [0.15, 0.2) is 24.3 Å². The average molecular weight is 343 g/mol. The first kappa shape index (κ1) is 17.6. The molecule has 1 aliphatic heterocycles. The third-order valence-corrected chi connectivity index (χ3v) is 5.04. The maximum absolute atomic E-state index is 12.6. The number of carbonyl (C=O) groups is 1. The van der Waals surface area contributed by atoms with Gasteiger partial charge in [-0.1, -0.05) is 23.7 Å². The normalized spacial score (nSPS) is 24.7. The lowest BCUT2D eigenvalue weighted by Gasteiger charge is -2.32. The third-order valence-electron chi connectivity index (χ3n) is 4.80. The van der Waals surface area contributed by atoms with Crippen molar-refractivity contribution in [3.05, 3.63) is 34.9 Å². The van der Waals surface area contributed by atoms with Crippen LogP contribution in [0.4, 0.5) is 0 Å². The molecule has 1 saturated carbocycles. The lowest BCUT2D eigenvalue weighted by molar-refractivity contribution is -0.134. The van der Waals surface area contributed by atoms with Gasteiger partial charge in [-0.05, 0) is 62.4 Å². The van der Waals surface area contributed by atoms with E-state index in [1.54, 1.807) is 0 Å². The number of halogens is 2. The molecule has 122 valence electrons. The minimum atomic E-state index is 0. The van der Waals surface area contributed by atoms with Gasteiger partial charge in [-0.2, -0.15) is 0 Å². The zero-order valence-electron chi connectivity index (χ0n) is 12.9. The number of hydrogen-bond acceptors (Lipinski definition) is 2. The largest absolute Gasteiger partial charge is 0.342 e. The van der Waals surface area contributed by atoms with Crippen molar-refractivity contribution in [2.45, 2.75) is 25.2 Å². The third kappa shape index (κ3) is 3.95. The summed E-state index contributed by atoms with van der Waals surface area (Å²) in [5, 5.41) is 4.00. The Morgan fingerprint density at radius 3 is 2.73 bits per heavy atom. The molecule has 22 heavy (non-hydrogen) atoms. The molecule has 1 aromatic rings. The molecule has 2 fully saturated rings. The molecule has 1 saturated heterocycles. The van der Waals surface area contributed by atoms with E-state index < -0.39 is 0 Å². The van der Waals surface area contributed by atoms with Crippen molar-refractivity contribution >= 4 is 29.9 Å². The molecule has 3 nitrogen and oxygen atoms in total. The second-order valence-electron chi connectivity index (χ2n) is 6.33. The maximum atomic E-state index is 12.6. The minimum absolute atomic E-state index is 0. The first-order chi connectivity index (χ1) is 10.2. The van der Waals surface area contributed by atoms with Gasteiger partial charge in [0.1, 0.15) is 0 Å². The highest BCUT2D eigenvalue weighted by molar-refractivity contribution is 6.30. The molecular formula is C17H24Cl2N2O. The van der Waals surface area contributed by atoms with Crippen molar-refractivity contribution in [2.24, 2.45) is 11.8 Å². The second kappa shape index (κ2) is 7.67. The number of hydrogen-bond donors (Lipinski definition) is 1. The van der Waals surface area contributed by atoms with Crippen molar-refractivity contribution in [2.75, 3.05) is 26.7 Å². The Balaban J connectivity index is 0.00000176. The van der Waals surface area contributed by atoms with Crippen LogP contribution in [0.25, 0.3) is 0 Å². The van der Waals surface area contributed by atoms with Gasteiger partial charge in [0.25, 0.3) is 0 Å². The van der Waals surface area contributed by atoms with E-state index in [1.165, 1.54) is 5.56 Å². The average Bonchev–Trinajstić information content (AvgIpc) is 3.28. The molecule has 1 amide bonds. The Morgan fingerprint density at radius 2 is 2.09 bits per heavy atom. The van der Waals surface area contributed by atoms with Crippen LogP contribution >= 0.6 is 24.0 Å². The van der Waals surface area contributed by atoms with Crippen LogP contribution in [0.5, 0.6) is 0 Å². The number of benzene rings is 1. The second-order valence-corrected chi connectivity index (χ2v) is 6.77. The van der Waals surface area contributed by atoms with E-state index >= 15 is 0 Å². The van der Waals surface area contributed by atoms with Gasteiger partial charge < -0.3 is 10.2 Å². The summed E-state index contributed by atoms with van der Waals surface area (Å²) in [5.41, 5.74) is 1.21. The number of rotatable bonds is 4.